The zero-order valence-electron chi connectivity index (χ0n) is 21.7. The van der Waals surface area contributed by atoms with E-state index >= 15 is 0 Å². The number of benzene rings is 4. The first-order valence-electron chi connectivity index (χ1n) is 12.7. The van der Waals surface area contributed by atoms with Crippen LogP contribution in [0.25, 0.3) is 16.9 Å². The number of carbonyl (C=O) groups excluding carboxylic acids is 1. The van der Waals surface area contributed by atoms with Crippen LogP contribution >= 0.6 is 0 Å². The van der Waals surface area contributed by atoms with Crippen molar-refractivity contribution >= 4 is 11.6 Å². The number of carbonyl (C=O) groups is 1. The van der Waals surface area contributed by atoms with Gasteiger partial charge < -0.3 is 5.32 Å². The highest BCUT2D eigenvalue weighted by atomic mass is 16.6. The number of hydrogen-bond donors (Lipinski definition) is 1. The molecule has 0 fully saturated rings. The van der Waals surface area contributed by atoms with Crippen LogP contribution < -0.4 is 5.32 Å². The molecule has 1 aromatic heterocycles. The summed E-state index contributed by atoms with van der Waals surface area (Å²) in [7, 11) is 0. The quantitative estimate of drug-likeness (QED) is 0.182. The molecule has 7 nitrogen and oxygen atoms in total. The molecule has 1 heterocycles. The summed E-state index contributed by atoms with van der Waals surface area (Å²) < 4.78 is 1.55. The Hall–Kier alpha value is -5.04. The zero-order chi connectivity index (χ0) is 27.4. The molecular weight excluding hydrogens is 488 g/mol. The predicted molar refractivity (Wildman–Crippen MR) is 152 cm³/mol. The van der Waals surface area contributed by atoms with Crippen LogP contribution in [0.5, 0.6) is 0 Å². The molecule has 39 heavy (non-hydrogen) atoms. The SMILES string of the molecule is Cc1ccc(-c2cc(C(=O)NC(Cc3ccccc3)c3ccccc3)n(-c3ccc([N+](=O)[O-])cc3)n2)cc1C. The molecule has 0 saturated heterocycles. The van der Waals surface area contributed by atoms with Crippen LogP contribution in [0, 0.1) is 24.0 Å². The van der Waals surface area contributed by atoms with Gasteiger partial charge in [0.05, 0.1) is 22.3 Å². The highest BCUT2D eigenvalue weighted by Crippen LogP contribution is 2.26. The van der Waals surface area contributed by atoms with Crippen LogP contribution in [-0.2, 0) is 6.42 Å². The van der Waals surface area contributed by atoms with Crippen molar-refractivity contribution in [3.05, 3.63) is 147 Å². The minimum absolute atomic E-state index is 0.0294. The van der Waals surface area contributed by atoms with E-state index in [9.17, 15) is 14.9 Å². The minimum Gasteiger partial charge on any atom is -0.344 e. The summed E-state index contributed by atoms with van der Waals surface area (Å²) >= 11 is 0. The molecule has 1 atom stereocenters. The standard InChI is InChI=1S/C32H28N4O3/c1-22-13-14-26(19-23(22)2)30-21-31(35(34-30)27-15-17-28(18-16-27)36(38)39)32(37)33-29(25-11-7-4-8-12-25)20-24-9-5-3-6-10-24/h3-19,21,29H,20H2,1-2H3,(H,33,37). The van der Waals surface area contributed by atoms with Gasteiger partial charge in [-0.15, -0.1) is 0 Å². The Morgan fingerprint density at radius 1 is 0.872 bits per heavy atom. The Morgan fingerprint density at radius 3 is 2.18 bits per heavy atom. The number of non-ortho nitro benzene ring substituents is 1. The first-order valence-corrected chi connectivity index (χ1v) is 12.7. The molecule has 5 aromatic rings. The lowest BCUT2D eigenvalue weighted by molar-refractivity contribution is -0.384. The van der Waals surface area contributed by atoms with E-state index in [2.05, 4.69) is 5.32 Å². The number of hydrogen-bond acceptors (Lipinski definition) is 4. The Kier molecular flexibility index (Phi) is 7.32. The van der Waals surface area contributed by atoms with E-state index in [4.69, 9.17) is 5.10 Å². The lowest BCUT2D eigenvalue weighted by atomic mass is 9.98. The summed E-state index contributed by atoms with van der Waals surface area (Å²) in [5.74, 6) is -0.291. The fraction of sp³-hybridized carbons (Fsp3) is 0.125. The molecule has 0 saturated carbocycles. The van der Waals surface area contributed by atoms with E-state index < -0.39 is 4.92 Å². The van der Waals surface area contributed by atoms with Crippen molar-refractivity contribution in [3.8, 4) is 16.9 Å². The molecule has 0 bridgehead atoms. The summed E-state index contributed by atoms with van der Waals surface area (Å²) in [6, 6.07) is 33.5. The summed E-state index contributed by atoms with van der Waals surface area (Å²) in [6.45, 7) is 4.08. The molecule has 0 aliphatic heterocycles. The van der Waals surface area contributed by atoms with Gasteiger partial charge in [0.25, 0.3) is 11.6 Å². The molecule has 1 unspecified atom stereocenters. The monoisotopic (exact) mass is 516 g/mol. The van der Waals surface area contributed by atoms with E-state index in [1.807, 2.05) is 92.7 Å². The fourth-order valence-corrected chi connectivity index (χ4v) is 4.52. The van der Waals surface area contributed by atoms with Crippen molar-refractivity contribution in [1.29, 1.82) is 0 Å². The molecule has 0 spiro atoms. The van der Waals surface area contributed by atoms with E-state index in [0.717, 1.165) is 27.8 Å². The number of aromatic nitrogens is 2. The number of amides is 1. The number of nitrogens with zero attached hydrogens (tertiary/aromatic N) is 3. The van der Waals surface area contributed by atoms with Gasteiger partial charge in [0.2, 0.25) is 0 Å². The summed E-state index contributed by atoms with van der Waals surface area (Å²) in [5, 5.41) is 19.2. The molecule has 1 N–H and O–H groups in total. The molecule has 194 valence electrons. The normalized spacial score (nSPS) is 11.6. The Morgan fingerprint density at radius 2 is 1.54 bits per heavy atom. The number of nitro benzene ring substituents is 1. The summed E-state index contributed by atoms with van der Waals surface area (Å²) in [6.07, 6.45) is 0.617. The number of aryl methyl sites for hydroxylation is 2. The summed E-state index contributed by atoms with van der Waals surface area (Å²) in [4.78, 5) is 24.6. The lowest BCUT2D eigenvalue weighted by Crippen LogP contribution is -2.31. The first kappa shape index (κ1) is 25.6. The summed E-state index contributed by atoms with van der Waals surface area (Å²) in [5.41, 5.74) is 6.77. The van der Waals surface area contributed by atoms with Gasteiger partial charge in [0.1, 0.15) is 5.69 Å². The highest BCUT2D eigenvalue weighted by molar-refractivity contribution is 5.94. The van der Waals surface area contributed by atoms with Crippen LogP contribution in [0.4, 0.5) is 5.69 Å². The third-order valence-electron chi connectivity index (χ3n) is 6.84. The van der Waals surface area contributed by atoms with Gasteiger partial charge in [-0.2, -0.15) is 5.10 Å². The van der Waals surface area contributed by atoms with Gasteiger partial charge in [0, 0.05) is 17.7 Å². The topological polar surface area (TPSA) is 90.1 Å². The maximum absolute atomic E-state index is 13.9. The van der Waals surface area contributed by atoms with Crippen molar-refractivity contribution in [2.24, 2.45) is 0 Å². The van der Waals surface area contributed by atoms with Gasteiger partial charge in [-0.05, 0) is 66.8 Å². The van der Waals surface area contributed by atoms with Crippen molar-refractivity contribution in [3.63, 3.8) is 0 Å². The van der Waals surface area contributed by atoms with Crippen molar-refractivity contribution in [1.82, 2.24) is 15.1 Å². The molecular formula is C32H28N4O3. The molecule has 0 radical (unpaired) electrons. The molecule has 0 aliphatic carbocycles. The Balaban J connectivity index is 1.55. The third kappa shape index (κ3) is 5.78. The predicted octanol–water partition coefficient (Wildman–Crippen LogP) is 6.78. The van der Waals surface area contributed by atoms with Crippen LogP contribution in [0.3, 0.4) is 0 Å². The largest absolute Gasteiger partial charge is 0.344 e. The van der Waals surface area contributed by atoms with Gasteiger partial charge in [0.15, 0.2) is 0 Å². The maximum atomic E-state index is 13.9. The second-order valence-electron chi connectivity index (χ2n) is 9.53. The second-order valence-corrected chi connectivity index (χ2v) is 9.53. The average molecular weight is 517 g/mol. The fourth-order valence-electron chi connectivity index (χ4n) is 4.52. The van der Waals surface area contributed by atoms with Crippen molar-refractivity contribution in [2.75, 3.05) is 0 Å². The third-order valence-corrected chi connectivity index (χ3v) is 6.84. The molecule has 1 amide bonds. The molecule has 4 aromatic carbocycles. The first-order chi connectivity index (χ1) is 18.9. The van der Waals surface area contributed by atoms with Crippen LogP contribution in [0.1, 0.15) is 38.8 Å². The number of nitrogens with one attached hydrogen (secondary N) is 1. The van der Waals surface area contributed by atoms with Crippen molar-refractivity contribution in [2.45, 2.75) is 26.3 Å². The zero-order valence-corrected chi connectivity index (χ0v) is 21.7. The molecule has 0 aliphatic rings. The second kappa shape index (κ2) is 11.1. The van der Waals surface area contributed by atoms with E-state index in [1.165, 1.54) is 12.1 Å². The van der Waals surface area contributed by atoms with E-state index in [1.54, 1.807) is 22.9 Å². The van der Waals surface area contributed by atoms with Crippen molar-refractivity contribution < 1.29 is 9.72 Å². The number of nitro groups is 1. The van der Waals surface area contributed by atoms with Crippen LogP contribution in [-0.4, -0.2) is 20.6 Å². The Bertz CT molecular complexity index is 1610. The number of rotatable bonds is 8. The molecule has 5 rings (SSSR count). The molecule has 7 heteroatoms. The maximum Gasteiger partial charge on any atom is 0.270 e. The van der Waals surface area contributed by atoms with Gasteiger partial charge in [-0.25, -0.2) is 4.68 Å². The average Bonchev–Trinajstić information content (AvgIpc) is 3.41. The lowest BCUT2D eigenvalue weighted by Gasteiger charge is -2.20. The van der Waals surface area contributed by atoms with Gasteiger partial charge in [-0.3, -0.25) is 14.9 Å². The minimum atomic E-state index is -0.449. The van der Waals surface area contributed by atoms with Crippen LogP contribution in [0.15, 0.2) is 109 Å². The van der Waals surface area contributed by atoms with E-state index in [-0.39, 0.29) is 17.6 Å². The van der Waals surface area contributed by atoms with E-state index in [0.29, 0.717) is 23.5 Å². The van der Waals surface area contributed by atoms with Crippen LogP contribution in [0.2, 0.25) is 0 Å². The van der Waals surface area contributed by atoms with Gasteiger partial charge in [-0.1, -0.05) is 72.8 Å². The highest BCUT2D eigenvalue weighted by Gasteiger charge is 2.22. The smallest absolute Gasteiger partial charge is 0.270 e. The Labute approximate surface area is 226 Å². The van der Waals surface area contributed by atoms with Gasteiger partial charge >= 0.3 is 0 Å².